The first-order chi connectivity index (χ1) is 14.9. The van der Waals surface area contributed by atoms with Crippen LogP contribution in [0.15, 0.2) is 40.6 Å². The summed E-state index contributed by atoms with van der Waals surface area (Å²) < 4.78 is 32.9. The van der Waals surface area contributed by atoms with Gasteiger partial charge < -0.3 is 9.64 Å². The van der Waals surface area contributed by atoms with Gasteiger partial charge in [-0.1, -0.05) is 23.7 Å². The Kier molecular flexibility index (Phi) is 6.88. The van der Waals surface area contributed by atoms with Crippen LogP contribution in [0.4, 0.5) is 0 Å². The van der Waals surface area contributed by atoms with E-state index in [1.807, 2.05) is 24.3 Å². The number of carbonyl (C=O) groups is 1. The first-order valence-corrected chi connectivity index (χ1v) is 12.9. The summed E-state index contributed by atoms with van der Waals surface area (Å²) in [5.74, 6) is 0.868. The minimum absolute atomic E-state index is 0.0524. The number of hydrogen-bond donors (Lipinski definition) is 0. The van der Waals surface area contributed by atoms with Gasteiger partial charge in [-0.05, 0) is 42.7 Å². The van der Waals surface area contributed by atoms with Gasteiger partial charge in [0.25, 0.3) is 10.0 Å². The molecule has 0 atom stereocenters. The third kappa shape index (κ3) is 5.40. The highest BCUT2D eigenvalue weighted by Crippen LogP contribution is 2.30. The molecule has 31 heavy (non-hydrogen) atoms. The summed E-state index contributed by atoms with van der Waals surface area (Å²) in [5, 5.41) is 0. The molecule has 10 heteroatoms. The van der Waals surface area contributed by atoms with Gasteiger partial charge in [0.15, 0.2) is 0 Å². The molecule has 0 N–H and O–H groups in total. The largest absolute Gasteiger partial charge is 0.497 e. The second-order valence-electron chi connectivity index (χ2n) is 7.83. The van der Waals surface area contributed by atoms with Crippen LogP contribution >= 0.6 is 22.9 Å². The molecule has 1 aliphatic carbocycles. The van der Waals surface area contributed by atoms with Crippen LogP contribution < -0.4 is 4.74 Å². The Hall–Kier alpha value is -1.65. The fraction of sp³-hybridized carbons (Fsp3) is 0.476. The fourth-order valence-electron chi connectivity index (χ4n) is 3.73. The van der Waals surface area contributed by atoms with Gasteiger partial charge in [0, 0.05) is 38.8 Å². The summed E-state index contributed by atoms with van der Waals surface area (Å²) in [6, 6.07) is 11.5. The predicted molar refractivity (Wildman–Crippen MR) is 121 cm³/mol. The van der Waals surface area contributed by atoms with E-state index in [9.17, 15) is 13.2 Å². The lowest BCUT2D eigenvalue weighted by Gasteiger charge is -2.35. The molecular weight excluding hydrogens is 458 g/mol. The topological polar surface area (TPSA) is 70.2 Å². The molecule has 0 bridgehead atoms. The van der Waals surface area contributed by atoms with Crippen LogP contribution in [0.2, 0.25) is 4.34 Å². The maximum Gasteiger partial charge on any atom is 0.252 e. The Balaban J connectivity index is 1.33. The van der Waals surface area contributed by atoms with E-state index < -0.39 is 10.0 Å². The highest BCUT2D eigenvalue weighted by atomic mass is 35.5. The SMILES string of the molecule is COc1ccc(CN(CC(=O)N2CCN(S(=O)(=O)c3ccc(Cl)s3)CC2)C2CC2)cc1. The first-order valence-electron chi connectivity index (χ1n) is 10.3. The van der Waals surface area contributed by atoms with E-state index in [-0.39, 0.29) is 10.1 Å². The van der Waals surface area contributed by atoms with Crippen molar-refractivity contribution in [3.05, 3.63) is 46.3 Å². The summed E-state index contributed by atoms with van der Waals surface area (Å²) in [6.07, 6.45) is 2.22. The molecule has 4 rings (SSSR count). The lowest BCUT2D eigenvalue weighted by molar-refractivity contribution is -0.133. The van der Waals surface area contributed by atoms with Crippen molar-refractivity contribution in [2.75, 3.05) is 39.8 Å². The molecule has 168 valence electrons. The number of amides is 1. The Morgan fingerprint density at radius 1 is 1.13 bits per heavy atom. The molecule has 2 aromatic rings. The number of methoxy groups -OCH3 is 1. The lowest BCUT2D eigenvalue weighted by atomic mass is 10.2. The van der Waals surface area contributed by atoms with E-state index in [2.05, 4.69) is 4.90 Å². The van der Waals surface area contributed by atoms with Crippen LogP contribution in [0.3, 0.4) is 0 Å². The molecule has 0 spiro atoms. The van der Waals surface area contributed by atoms with Crippen molar-refractivity contribution in [2.24, 2.45) is 0 Å². The maximum absolute atomic E-state index is 12.9. The first kappa shape index (κ1) is 22.5. The lowest BCUT2D eigenvalue weighted by Crippen LogP contribution is -2.52. The Morgan fingerprint density at radius 3 is 2.35 bits per heavy atom. The normalized spacial score (nSPS) is 17.8. The average Bonchev–Trinajstić information content (AvgIpc) is 3.53. The third-order valence-electron chi connectivity index (χ3n) is 5.68. The van der Waals surface area contributed by atoms with Gasteiger partial charge >= 0.3 is 0 Å². The number of ether oxygens (including phenoxy) is 1. The summed E-state index contributed by atoms with van der Waals surface area (Å²) >= 11 is 6.95. The van der Waals surface area contributed by atoms with Crippen molar-refractivity contribution in [3.8, 4) is 5.75 Å². The number of carbonyl (C=O) groups excluding carboxylic acids is 1. The van der Waals surface area contributed by atoms with Crippen LogP contribution in [0, 0.1) is 0 Å². The molecule has 1 saturated heterocycles. The second-order valence-corrected chi connectivity index (χ2v) is 11.7. The summed E-state index contributed by atoms with van der Waals surface area (Å²) in [4.78, 5) is 16.9. The molecule has 2 heterocycles. The molecule has 2 aliphatic rings. The van der Waals surface area contributed by atoms with E-state index in [1.54, 1.807) is 18.1 Å². The Morgan fingerprint density at radius 2 is 1.81 bits per heavy atom. The molecule has 0 unspecified atom stereocenters. The summed E-state index contributed by atoms with van der Waals surface area (Å²) in [7, 11) is -1.91. The number of nitrogens with zero attached hydrogens (tertiary/aromatic N) is 3. The Labute approximate surface area is 192 Å². The molecule has 1 aromatic carbocycles. The van der Waals surface area contributed by atoms with Gasteiger partial charge in [-0.2, -0.15) is 4.31 Å². The number of rotatable bonds is 8. The molecular formula is C21H26ClN3O4S2. The second kappa shape index (κ2) is 9.46. The number of halogens is 1. The van der Waals surface area contributed by atoms with Gasteiger partial charge in [-0.15, -0.1) is 11.3 Å². The van der Waals surface area contributed by atoms with Crippen LogP contribution in [0.1, 0.15) is 18.4 Å². The predicted octanol–water partition coefficient (Wildman–Crippen LogP) is 2.91. The highest BCUT2D eigenvalue weighted by Gasteiger charge is 2.34. The zero-order valence-electron chi connectivity index (χ0n) is 17.4. The third-order valence-corrected chi connectivity index (χ3v) is 9.28. The van der Waals surface area contributed by atoms with E-state index in [0.29, 0.717) is 49.6 Å². The monoisotopic (exact) mass is 483 g/mol. The average molecular weight is 484 g/mol. The molecule has 7 nitrogen and oxygen atoms in total. The van der Waals surface area contributed by atoms with Gasteiger partial charge in [-0.25, -0.2) is 8.42 Å². The number of piperazine rings is 1. The fourth-order valence-corrected chi connectivity index (χ4v) is 6.79. The summed E-state index contributed by atoms with van der Waals surface area (Å²) in [6.45, 7) is 2.46. The van der Waals surface area contributed by atoms with E-state index >= 15 is 0 Å². The summed E-state index contributed by atoms with van der Waals surface area (Å²) in [5.41, 5.74) is 1.14. The van der Waals surface area contributed by atoms with Crippen molar-refractivity contribution >= 4 is 38.9 Å². The quantitative estimate of drug-likeness (QED) is 0.577. The standard InChI is InChI=1S/C21H26ClN3O4S2/c1-29-18-6-2-16(3-7-18)14-24(17-4-5-17)15-20(26)23-10-12-25(13-11-23)31(27,28)21-9-8-19(22)30-21/h2-3,6-9,17H,4-5,10-15H2,1H3. The minimum atomic E-state index is -3.55. The van der Waals surface area contributed by atoms with Crippen molar-refractivity contribution in [3.63, 3.8) is 0 Å². The van der Waals surface area contributed by atoms with Crippen molar-refractivity contribution in [1.29, 1.82) is 0 Å². The van der Waals surface area contributed by atoms with Crippen LogP contribution in [-0.4, -0.2) is 74.3 Å². The van der Waals surface area contributed by atoms with Crippen LogP contribution in [0.5, 0.6) is 5.75 Å². The molecule has 1 amide bonds. The minimum Gasteiger partial charge on any atom is -0.497 e. The van der Waals surface area contributed by atoms with Crippen molar-refractivity contribution in [1.82, 2.24) is 14.1 Å². The van der Waals surface area contributed by atoms with Crippen molar-refractivity contribution < 1.29 is 17.9 Å². The van der Waals surface area contributed by atoms with E-state index in [0.717, 1.165) is 35.5 Å². The van der Waals surface area contributed by atoms with Crippen molar-refractivity contribution in [2.45, 2.75) is 29.6 Å². The molecule has 0 radical (unpaired) electrons. The number of hydrogen-bond acceptors (Lipinski definition) is 6. The molecule has 1 saturated carbocycles. The van der Waals surface area contributed by atoms with Gasteiger partial charge in [0.1, 0.15) is 9.96 Å². The van der Waals surface area contributed by atoms with E-state index in [1.165, 1.54) is 10.4 Å². The Bertz CT molecular complexity index is 1010. The zero-order valence-corrected chi connectivity index (χ0v) is 19.8. The van der Waals surface area contributed by atoms with E-state index in [4.69, 9.17) is 16.3 Å². The smallest absolute Gasteiger partial charge is 0.252 e. The number of thiophene rings is 1. The zero-order chi connectivity index (χ0) is 22.0. The van der Waals surface area contributed by atoms with Crippen LogP contribution in [0.25, 0.3) is 0 Å². The molecule has 1 aliphatic heterocycles. The maximum atomic E-state index is 12.9. The number of sulfonamides is 1. The van der Waals surface area contributed by atoms with Gasteiger partial charge in [-0.3, -0.25) is 9.69 Å². The molecule has 2 fully saturated rings. The number of benzene rings is 1. The van der Waals surface area contributed by atoms with Gasteiger partial charge in [0.2, 0.25) is 5.91 Å². The van der Waals surface area contributed by atoms with Crippen LogP contribution in [-0.2, 0) is 21.4 Å². The van der Waals surface area contributed by atoms with Gasteiger partial charge in [0.05, 0.1) is 18.0 Å². The highest BCUT2D eigenvalue weighted by molar-refractivity contribution is 7.91. The molecule has 1 aromatic heterocycles.